The minimum atomic E-state index is -3.44. The first-order valence-corrected chi connectivity index (χ1v) is 7.64. The van der Waals surface area contributed by atoms with Crippen molar-refractivity contribution in [1.82, 2.24) is 10.0 Å². The molecule has 0 amide bonds. The van der Waals surface area contributed by atoms with Crippen LogP contribution in [0.5, 0.6) is 0 Å². The van der Waals surface area contributed by atoms with Gasteiger partial charge in [0.2, 0.25) is 0 Å². The predicted molar refractivity (Wildman–Crippen MR) is 70.8 cm³/mol. The fraction of sp³-hybridized carbons (Fsp3) is 0.417. The first kappa shape index (κ1) is 12.6. The largest absolute Gasteiger partial charge is 0.374 e. The van der Waals surface area contributed by atoms with Crippen LogP contribution in [-0.4, -0.2) is 46.6 Å². The van der Waals surface area contributed by atoms with E-state index in [-0.39, 0.29) is 11.0 Å². The summed E-state index contributed by atoms with van der Waals surface area (Å²) < 4.78 is 31.8. The van der Waals surface area contributed by atoms with Crippen molar-refractivity contribution in [1.29, 1.82) is 0 Å². The summed E-state index contributed by atoms with van der Waals surface area (Å²) in [5.41, 5.74) is 0.631. The lowest BCUT2D eigenvalue weighted by Crippen LogP contribution is -2.40. The monoisotopic (exact) mass is 281 g/mol. The van der Waals surface area contributed by atoms with Gasteiger partial charge in [-0.05, 0) is 12.1 Å². The smallest absolute Gasteiger partial charge is 0.263 e. The van der Waals surface area contributed by atoms with Crippen LogP contribution in [0, 0.1) is 0 Å². The van der Waals surface area contributed by atoms with E-state index in [1.54, 1.807) is 24.3 Å². The van der Waals surface area contributed by atoms with Gasteiger partial charge in [-0.1, -0.05) is 12.1 Å². The quantitative estimate of drug-likeness (QED) is 0.781. The Labute approximate surface area is 111 Å². The van der Waals surface area contributed by atoms with E-state index in [4.69, 9.17) is 4.74 Å². The van der Waals surface area contributed by atoms with E-state index in [2.05, 4.69) is 15.0 Å². The zero-order valence-electron chi connectivity index (χ0n) is 10.3. The molecule has 1 unspecified atom stereocenters. The third-order valence-corrected chi connectivity index (χ3v) is 4.52. The molecule has 2 aliphatic rings. The highest BCUT2D eigenvalue weighted by atomic mass is 32.2. The van der Waals surface area contributed by atoms with Gasteiger partial charge >= 0.3 is 0 Å². The van der Waals surface area contributed by atoms with E-state index >= 15 is 0 Å². The fourth-order valence-corrected chi connectivity index (χ4v) is 3.43. The van der Waals surface area contributed by atoms with Crippen molar-refractivity contribution in [3.8, 4) is 0 Å². The van der Waals surface area contributed by atoms with Gasteiger partial charge in [-0.2, -0.15) is 0 Å². The maximum atomic E-state index is 11.9. The Morgan fingerprint density at radius 1 is 1.37 bits per heavy atom. The van der Waals surface area contributed by atoms with Crippen molar-refractivity contribution < 1.29 is 13.2 Å². The molecule has 0 aromatic heterocycles. The Kier molecular flexibility index (Phi) is 3.26. The first-order chi connectivity index (χ1) is 9.17. The topological polar surface area (TPSA) is 79.8 Å². The van der Waals surface area contributed by atoms with Crippen molar-refractivity contribution in [2.75, 3.05) is 26.2 Å². The number of nitrogens with zero attached hydrogens (tertiary/aromatic N) is 1. The predicted octanol–water partition coefficient (Wildman–Crippen LogP) is -0.286. The SMILES string of the molecule is O=S1(=O)NC(=NCC2CNCCO2)c2ccccc21. The number of nitrogens with one attached hydrogen (secondary N) is 2. The van der Waals surface area contributed by atoms with Crippen LogP contribution in [0.25, 0.3) is 0 Å². The van der Waals surface area contributed by atoms with E-state index in [1.807, 2.05) is 0 Å². The number of hydrogen-bond donors (Lipinski definition) is 2. The average molecular weight is 281 g/mol. The minimum Gasteiger partial charge on any atom is -0.374 e. The molecule has 1 fully saturated rings. The second-order valence-corrected chi connectivity index (χ2v) is 6.14. The first-order valence-electron chi connectivity index (χ1n) is 6.16. The number of sulfonamides is 1. The van der Waals surface area contributed by atoms with E-state index < -0.39 is 10.0 Å². The summed E-state index contributed by atoms with van der Waals surface area (Å²) >= 11 is 0. The second-order valence-electron chi connectivity index (χ2n) is 4.49. The van der Waals surface area contributed by atoms with Gasteiger partial charge in [-0.3, -0.25) is 9.71 Å². The molecule has 3 rings (SSSR count). The maximum Gasteiger partial charge on any atom is 0.263 e. The number of benzene rings is 1. The van der Waals surface area contributed by atoms with Gasteiger partial charge in [0.1, 0.15) is 5.84 Å². The van der Waals surface area contributed by atoms with Gasteiger partial charge in [0.15, 0.2) is 0 Å². The van der Waals surface area contributed by atoms with Crippen molar-refractivity contribution >= 4 is 15.9 Å². The number of ether oxygens (including phenoxy) is 1. The molecule has 6 nitrogen and oxygen atoms in total. The molecule has 0 saturated carbocycles. The molecule has 2 heterocycles. The van der Waals surface area contributed by atoms with Crippen molar-refractivity contribution in [2.45, 2.75) is 11.0 Å². The van der Waals surface area contributed by atoms with Crippen molar-refractivity contribution in [2.24, 2.45) is 4.99 Å². The summed E-state index contributed by atoms with van der Waals surface area (Å²) in [6, 6.07) is 6.84. The zero-order valence-corrected chi connectivity index (χ0v) is 11.1. The third kappa shape index (κ3) is 2.49. The van der Waals surface area contributed by atoms with Crippen LogP contribution in [0.15, 0.2) is 34.2 Å². The highest BCUT2D eigenvalue weighted by molar-refractivity contribution is 7.90. The number of fused-ring (bicyclic) bond motifs is 1. The molecule has 2 aliphatic heterocycles. The molecule has 1 aromatic rings. The summed E-state index contributed by atoms with van der Waals surface area (Å²) in [4.78, 5) is 4.63. The Balaban J connectivity index is 1.83. The molecular weight excluding hydrogens is 266 g/mol. The zero-order chi connectivity index (χ0) is 13.3. The molecule has 0 radical (unpaired) electrons. The minimum absolute atomic E-state index is 0.00137. The van der Waals surface area contributed by atoms with Gasteiger partial charge in [0.25, 0.3) is 10.0 Å². The molecule has 19 heavy (non-hydrogen) atoms. The van der Waals surface area contributed by atoms with Crippen LogP contribution in [-0.2, 0) is 14.8 Å². The molecule has 0 spiro atoms. The molecular formula is C12H15N3O3S. The van der Waals surface area contributed by atoms with Gasteiger partial charge in [0, 0.05) is 18.7 Å². The summed E-state index contributed by atoms with van der Waals surface area (Å²) in [6.45, 7) is 2.70. The van der Waals surface area contributed by atoms with E-state index in [9.17, 15) is 8.42 Å². The lowest BCUT2D eigenvalue weighted by atomic mass is 10.2. The van der Waals surface area contributed by atoms with Crippen molar-refractivity contribution in [3.63, 3.8) is 0 Å². The molecule has 0 bridgehead atoms. The maximum absolute atomic E-state index is 11.9. The normalized spacial score (nSPS) is 26.9. The summed E-state index contributed by atoms with van der Waals surface area (Å²) in [5, 5.41) is 3.21. The van der Waals surface area contributed by atoms with Gasteiger partial charge in [-0.15, -0.1) is 0 Å². The van der Waals surface area contributed by atoms with E-state index in [1.165, 1.54) is 0 Å². The molecule has 102 valence electrons. The van der Waals surface area contributed by atoms with Crippen LogP contribution in [0.2, 0.25) is 0 Å². The van der Waals surface area contributed by atoms with E-state index in [0.717, 1.165) is 13.1 Å². The Hall–Kier alpha value is -1.44. The fourth-order valence-electron chi connectivity index (χ4n) is 2.18. The highest BCUT2D eigenvalue weighted by Crippen LogP contribution is 2.22. The summed E-state index contributed by atoms with van der Waals surface area (Å²) in [6.07, 6.45) is -0.00137. The number of aliphatic imine (C=N–C) groups is 1. The summed E-state index contributed by atoms with van der Waals surface area (Å²) in [5.74, 6) is 0.407. The number of rotatable bonds is 2. The molecule has 7 heteroatoms. The number of morpholine rings is 1. The lowest BCUT2D eigenvalue weighted by Gasteiger charge is -2.22. The molecule has 1 atom stereocenters. The van der Waals surface area contributed by atoms with Crippen LogP contribution >= 0.6 is 0 Å². The lowest BCUT2D eigenvalue weighted by molar-refractivity contribution is 0.0349. The van der Waals surface area contributed by atoms with Gasteiger partial charge < -0.3 is 10.1 Å². The third-order valence-electron chi connectivity index (χ3n) is 3.12. The van der Waals surface area contributed by atoms with E-state index in [0.29, 0.717) is 24.6 Å². The van der Waals surface area contributed by atoms with Gasteiger partial charge in [0.05, 0.1) is 24.2 Å². The Bertz CT molecular complexity index is 606. The molecule has 0 aliphatic carbocycles. The second kappa shape index (κ2) is 4.92. The van der Waals surface area contributed by atoms with Crippen LogP contribution in [0.1, 0.15) is 5.56 Å². The molecule has 1 aromatic carbocycles. The molecule has 2 N–H and O–H groups in total. The average Bonchev–Trinajstić information content (AvgIpc) is 2.70. The Morgan fingerprint density at radius 3 is 3.00 bits per heavy atom. The number of amidine groups is 1. The Morgan fingerprint density at radius 2 is 2.21 bits per heavy atom. The molecule has 1 saturated heterocycles. The van der Waals surface area contributed by atoms with Crippen LogP contribution in [0.3, 0.4) is 0 Å². The standard InChI is InChI=1S/C12H15N3O3S/c16-19(17)11-4-2-1-3-10(11)12(15-19)14-8-9-7-13-5-6-18-9/h1-4,9,13H,5-8H2,(H,14,15). The highest BCUT2D eigenvalue weighted by Gasteiger charge is 2.30. The van der Waals surface area contributed by atoms with Crippen LogP contribution < -0.4 is 10.0 Å². The van der Waals surface area contributed by atoms with Gasteiger partial charge in [-0.25, -0.2) is 8.42 Å². The van der Waals surface area contributed by atoms with Crippen molar-refractivity contribution in [3.05, 3.63) is 29.8 Å². The van der Waals surface area contributed by atoms with Crippen LogP contribution in [0.4, 0.5) is 0 Å². The number of hydrogen-bond acceptors (Lipinski definition) is 5. The summed E-state index contributed by atoms with van der Waals surface area (Å²) in [7, 11) is -3.44.